The number of benzene rings is 2. The first-order valence-corrected chi connectivity index (χ1v) is 11.0. The molecule has 1 unspecified atom stereocenters. The van der Waals surface area contributed by atoms with Crippen LogP contribution in [0.15, 0.2) is 72.9 Å². The van der Waals surface area contributed by atoms with Gasteiger partial charge in [0.05, 0.1) is 23.0 Å². The molecule has 2 aromatic carbocycles. The van der Waals surface area contributed by atoms with Gasteiger partial charge in [-0.25, -0.2) is 0 Å². The number of nitrogen functional groups attached to an aromatic ring is 1. The summed E-state index contributed by atoms with van der Waals surface area (Å²) < 4.78 is 40.4. The van der Waals surface area contributed by atoms with Crippen LogP contribution < -0.4 is 16.4 Å². The fraction of sp³-hybridized carbons (Fsp3) is 0.269. The normalized spacial score (nSPS) is 12.9. The summed E-state index contributed by atoms with van der Waals surface area (Å²) in [5, 5.41) is 6.81. The van der Waals surface area contributed by atoms with Gasteiger partial charge in [0.2, 0.25) is 0 Å². The highest BCUT2D eigenvalue weighted by molar-refractivity contribution is 5.74. The second-order valence-corrected chi connectivity index (χ2v) is 7.79. The van der Waals surface area contributed by atoms with E-state index in [2.05, 4.69) is 22.5 Å². The number of hydrogen-bond donors (Lipinski definition) is 3. The van der Waals surface area contributed by atoms with E-state index < -0.39 is 11.7 Å². The van der Waals surface area contributed by atoms with E-state index in [1.165, 1.54) is 12.1 Å². The van der Waals surface area contributed by atoms with Gasteiger partial charge in [0, 0.05) is 29.7 Å². The largest absolute Gasteiger partial charge is 0.416 e. The van der Waals surface area contributed by atoms with Gasteiger partial charge in [0.25, 0.3) is 0 Å². The molecule has 3 rings (SSSR count). The summed E-state index contributed by atoms with van der Waals surface area (Å²) in [6.45, 7) is 4.87. The second-order valence-electron chi connectivity index (χ2n) is 7.79. The minimum absolute atomic E-state index is 0.0994. The second kappa shape index (κ2) is 10.9. The van der Waals surface area contributed by atoms with Crippen LogP contribution in [0, 0.1) is 0 Å². The predicted octanol–water partition coefficient (Wildman–Crippen LogP) is 6.44. The minimum atomic E-state index is -4.41. The van der Waals surface area contributed by atoms with Crippen molar-refractivity contribution in [3.63, 3.8) is 0 Å². The van der Waals surface area contributed by atoms with E-state index in [4.69, 9.17) is 5.73 Å². The summed E-state index contributed by atoms with van der Waals surface area (Å²) in [7, 11) is 0. The summed E-state index contributed by atoms with van der Waals surface area (Å²) in [5.74, 6) is 0. The lowest BCUT2D eigenvalue weighted by Gasteiger charge is -2.22. The van der Waals surface area contributed by atoms with Crippen molar-refractivity contribution in [2.24, 2.45) is 0 Å². The van der Waals surface area contributed by atoms with Gasteiger partial charge in [0.15, 0.2) is 0 Å². The first kappa shape index (κ1) is 24.2. The number of aromatic nitrogens is 1. The van der Waals surface area contributed by atoms with Crippen molar-refractivity contribution in [2.45, 2.75) is 38.9 Å². The van der Waals surface area contributed by atoms with E-state index >= 15 is 0 Å². The van der Waals surface area contributed by atoms with E-state index in [0.717, 1.165) is 36.0 Å². The molecule has 174 valence electrons. The molecule has 4 N–H and O–H groups in total. The molecule has 0 amide bonds. The lowest BCUT2D eigenvalue weighted by molar-refractivity contribution is -0.138. The van der Waals surface area contributed by atoms with Gasteiger partial charge in [-0.2, -0.15) is 13.2 Å². The van der Waals surface area contributed by atoms with E-state index in [1.54, 1.807) is 24.4 Å². The smallest absolute Gasteiger partial charge is 0.398 e. The summed E-state index contributed by atoms with van der Waals surface area (Å²) in [4.78, 5) is 4.53. The zero-order chi connectivity index (χ0) is 23.8. The van der Waals surface area contributed by atoms with Crippen molar-refractivity contribution in [1.29, 1.82) is 0 Å². The number of nitrogens with zero attached hydrogens (tertiary/aromatic N) is 1. The van der Waals surface area contributed by atoms with Crippen molar-refractivity contribution in [1.82, 2.24) is 10.3 Å². The molecular formula is C26H29F3N4. The minimum Gasteiger partial charge on any atom is -0.398 e. The number of nitrogens with one attached hydrogen (secondary N) is 2. The van der Waals surface area contributed by atoms with Gasteiger partial charge in [-0.3, -0.25) is 4.98 Å². The number of anilines is 2. The lowest BCUT2D eigenvalue weighted by Crippen LogP contribution is -2.21. The van der Waals surface area contributed by atoms with Crippen LogP contribution in [0.5, 0.6) is 0 Å². The van der Waals surface area contributed by atoms with Crippen molar-refractivity contribution < 1.29 is 13.2 Å². The van der Waals surface area contributed by atoms with Crippen LogP contribution in [-0.2, 0) is 12.6 Å². The third kappa shape index (κ3) is 6.28. The van der Waals surface area contributed by atoms with Gasteiger partial charge in [-0.05, 0) is 49.6 Å². The Hall–Kier alpha value is -3.48. The quantitative estimate of drug-likeness (QED) is 0.326. The maximum atomic E-state index is 13.5. The number of para-hydroxylation sites is 1. The summed E-state index contributed by atoms with van der Waals surface area (Å²) in [5.41, 5.74) is 9.45. The molecule has 7 heteroatoms. The number of alkyl halides is 3. The zero-order valence-electron chi connectivity index (χ0n) is 18.8. The molecule has 1 atom stereocenters. The van der Waals surface area contributed by atoms with Gasteiger partial charge >= 0.3 is 6.18 Å². The average molecular weight is 455 g/mol. The van der Waals surface area contributed by atoms with Crippen LogP contribution in [0.2, 0.25) is 0 Å². The topological polar surface area (TPSA) is 63.0 Å². The molecule has 4 nitrogen and oxygen atoms in total. The first-order chi connectivity index (χ1) is 15.8. The van der Waals surface area contributed by atoms with Crippen LogP contribution in [0.4, 0.5) is 24.5 Å². The Labute approximate surface area is 192 Å². The maximum absolute atomic E-state index is 13.5. The molecule has 1 heterocycles. The van der Waals surface area contributed by atoms with Crippen molar-refractivity contribution >= 4 is 17.1 Å². The average Bonchev–Trinajstić information content (AvgIpc) is 2.80. The molecule has 0 saturated heterocycles. The van der Waals surface area contributed by atoms with Gasteiger partial charge in [-0.15, -0.1) is 0 Å². The Kier molecular flexibility index (Phi) is 7.98. The molecule has 0 bridgehead atoms. The Morgan fingerprint density at radius 2 is 1.79 bits per heavy atom. The van der Waals surface area contributed by atoms with Crippen LogP contribution in [0.3, 0.4) is 0 Å². The molecule has 33 heavy (non-hydrogen) atoms. The standard InChI is InChI=1S/C26H29F3N4/c1-3-16-31-24-13-8-17-32-25(24)18(2)33-23(20-10-5-7-12-22(20)30)15-14-19-9-4-6-11-21(19)26(27,28)29/h4-13,15,17-18,31,33H,3,14,16,30H2,1-2H3/b23-15+. The van der Waals surface area contributed by atoms with E-state index in [-0.39, 0.29) is 18.0 Å². The molecule has 0 aliphatic rings. The monoisotopic (exact) mass is 454 g/mol. The summed E-state index contributed by atoms with van der Waals surface area (Å²) >= 11 is 0. The highest BCUT2D eigenvalue weighted by atomic mass is 19.4. The molecule has 0 saturated carbocycles. The molecule has 0 fully saturated rings. The van der Waals surface area contributed by atoms with Crippen LogP contribution >= 0.6 is 0 Å². The molecule has 3 aromatic rings. The Balaban J connectivity index is 1.95. The van der Waals surface area contributed by atoms with E-state index in [1.807, 2.05) is 37.3 Å². The van der Waals surface area contributed by atoms with Crippen LogP contribution in [-0.4, -0.2) is 11.5 Å². The first-order valence-electron chi connectivity index (χ1n) is 11.0. The number of pyridine rings is 1. The molecule has 0 radical (unpaired) electrons. The molecule has 0 aliphatic carbocycles. The number of hydrogen-bond acceptors (Lipinski definition) is 4. The fourth-order valence-electron chi connectivity index (χ4n) is 3.65. The maximum Gasteiger partial charge on any atom is 0.416 e. The highest BCUT2D eigenvalue weighted by Gasteiger charge is 2.32. The third-order valence-corrected chi connectivity index (χ3v) is 5.29. The molecule has 0 aliphatic heterocycles. The summed E-state index contributed by atoms with van der Waals surface area (Å²) in [6, 6.07) is 16.5. The van der Waals surface area contributed by atoms with E-state index in [0.29, 0.717) is 11.4 Å². The van der Waals surface area contributed by atoms with Gasteiger partial charge in [-0.1, -0.05) is 49.4 Å². The predicted molar refractivity (Wildman–Crippen MR) is 129 cm³/mol. The van der Waals surface area contributed by atoms with E-state index in [9.17, 15) is 13.2 Å². The summed E-state index contributed by atoms with van der Waals surface area (Å²) in [6.07, 6.45) is 0.146. The number of halogens is 3. The highest BCUT2D eigenvalue weighted by Crippen LogP contribution is 2.33. The van der Waals surface area contributed by atoms with Crippen molar-refractivity contribution in [3.05, 3.63) is 95.3 Å². The lowest BCUT2D eigenvalue weighted by atomic mass is 10.0. The molecule has 0 spiro atoms. The number of rotatable bonds is 9. The molecule has 1 aromatic heterocycles. The zero-order valence-corrected chi connectivity index (χ0v) is 18.8. The molecular weight excluding hydrogens is 425 g/mol. The van der Waals surface area contributed by atoms with Crippen LogP contribution in [0.25, 0.3) is 5.70 Å². The number of allylic oxidation sites excluding steroid dienone is 1. The van der Waals surface area contributed by atoms with Gasteiger partial charge < -0.3 is 16.4 Å². The Bertz CT molecular complexity index is 1090. The Morgan fingerprint density at radius 1 is 1.06 bits per heavy atom. The third-order valence-electron chi connectivity index (χ3n) is 5.29. The van der Waals surface area contributed by atoms with Crippen LogP contribution in [0.1, 0.15) is 48.7 Å². The Morgan fingerprint density at radius 3 is 2.52 bits per heavy atom. The van der Waals surface area contributed by atoms with Gasteiger partial charge in [0.1, 0.15) is 0 Å². The number of nitrogens with two attached hydrogens (primary N) is 1. The SMILES string of the molecule is CCCNc1cccnc1C(C)N/C(=C/Cc1ccccc1C(F)(F)F)c1ccccc1N. The van der Waals surface area contributed by atoms with Crippen molar-refractivity contribution in [2.75, 3.05) is 17.6 Å². The fourth-order valence-corrected chi connectivity index (χ4v) is 3.65. The van der Waals surface area contributed by atoms with Crippen molar-refractivity contribution in [3.8, 4) is 0 Å².